The molecule has 1 aromatic carbocycles. The minimum absolute atomic E-state index is 0.0659. The van der Waals surface area contributed by atoms with E-state index in [9.17, 15) is 9.90 Å². The van der Waals surface area contributed by atoms with Crippen molar-refractivity contribution >= 4 is 5.82 Å². The summed E-state index contributed by atoms with van der Waals surface area (Å²) in [6, 6.07) is 10.3. The van der Waals surface area contributed by atoms with E-state index >= 15 is 0 Å². The van der Waals surface area contributed by atoms with Crippen molar-refractivity contribution in [1.29, 1.82) is 0 Å². The van der Waals surface area contributed by atoms with Crippen molar-refractivity contribution in [2.75, 3.05) is 18.5 Å². The van der Waals surface area contributed by atoms with Gasteiger partial charge in [-0.3, -0.25) is 4.79 Å². The predicted molar refractivity (Wildman–Crippen MR) is 93.8 cm³/mol. The van der Waals surface area contributed by atoms with E-state index in [1.54, 1.807) is 31.4 Å². The predicted octanol–water partition coefficient (Wildman–Crippen LogP) is 2.02. The summed E-state index contributed by atoms with van der Waals surface area (Å²) < 4.78 is 7.05. The lowest BCUT2D eigenvalue weighted by atomic mass is 10.0. The first-order valence-corrected chi connectivity index (χ1v) is 7.87. The van der Waals surface area contributed by atoms with Gasteiger partial charge in [-0.05, 0) is 29.3 Å². The standard InChI is InChI=1S/C18H16N4O3/c1-22-6-4-12(9-17(22)24)11-2-3-13(15(23)8-11)14-10-16-18(21-20-14)19-5-7-25-16/h2-4,6,8-10,23H,5,7H2,1H3,(H,19,21). The number of hydrogen-bond acceptors (Lipinski definition) is 6. The molecule has 0 fully saturated rings. The summed E-state index contributed by atoms with van der Waals surface area (Å²) in [5.74, 6) is 1.29. The van der Waals surface area contributed by atoms with Gasteiger partial charge < -0.3 is 19.7 Å². The molecule has 25 heavy (non-hydrogen) atoms. The van der Waals surface area contributed by atoms with Gasteiger partial charge in [0.2, 0.25) is 0 Å². The highest BCUT2D eigenvalue weighted by Crippen LogP contribution is 2.35. The highest BCUT2D eigenvalue weighted by molar-refractivity contribution is 5.75. The molecule has 2 aromatic heterocycles. The molecule has 0 unspecified atom stereocenters. The smallest absolute Gasteiger partial charge is 0.250 e. The Hall–Kier alpha value is -3.35. The Morgan fingerprint density at radius 1 is 1.16 bits per heavy atom. The highest BCUT2D eigenvalue weighted by Gasteiger charge is 2.15. The van der Waals surface area contributed by atoms with Gasteiger partial charge in [0, 0.05) is 30.9 Å². The van der Waals surface area contributed by atoms with E-state index in [0.717, 1.165) is 11.1 Å². The minimum atomic E-state index is -0.105. The molecule has 7 heteroatoms. The number of nitrogens with one attached hydrogen (secondary N) is 1. The number of fused-ring (bicyclic) bond motifs is 1. The van der Waals surface area contributed by atoms with Crippen molar-refractivity contribution in [3.63, 3.8) is 0 Å². The van der Waals surface area contributed by atoms with Gasteiger partial charge in [-0.15, -0.1) is 10.2 Å². The van der Waals surface area contributed by atoms with Crippen molar-refractivity contribution in [2.24, 2.45) is 7.05 Å². The topological polar surface area (TPSA) is 89.3 Å². The number of anilines is 1. The average Bonchev–Trinajstić information content (AvgIpc) is 2.63. The van der Waals surface area contributed by atoms with Crippen LogP contribution < -0.4 is 15.6 Å². The summed E-state index contributed by atoms with van der Waals surface area (Å²) in [4.78, 5) is 11.8. The van der Waals surface area contributed by atoms with Crippen LogP contribution in [-0.2, 0) is 7.05 Å². The van der Waals surface area contributed by atoms with Crippen molar-refractivity contribution in [1.82, 2.24) is 14.8 Å². The van der Waals surface area contributed by atoms with Gasteiger partial charge in [0.05, 0.1) is 6.54 Å². The summed E-state index contributed by atoms with van der Waals surface area (Å²) in [6.07, 6.45) is 1.70. The third-order valence-electron chi connectivity index (χ3n) is 4.12. The fourth-order valence-electron chi connectivity index (χ4n) is 2.72. The van der Waals surface area contributed by atoms with Crippen LogP contribution in [0.3, 0.4) is 0 Å². The van der Waals surface area contributed by atoms with Crippen molar-refractivity contribution in [2.45, 2.75) is 0 Å². The molecule has 0 saturated carbocycles. The Morgan fingerprint density at radius 3 is 2.80 bits per heavy atom. The molecule has 0 radical (unpaired) electrons. The number of aryl methyl sites for hydroxylation is 1. The molecule has 1 aliphatic heterocycles. The molecule has 3 aromatic rings. The zero-order chi connectivity index (χ0) is 17.4. The Kier molecular flexibility index (Phi) is 3.61. The van der Waals surface area contributed by atoms with Crippen LogP contribution in [0.4, 0.5) is 5.82 Å². The van der Waals surface area contributed by atoms with Gasteiger partial charge in [0.15, 0.2) is 11.6 Å². The van der Waals surface area contributed by atoms with Crippen LogP contribution in [-0.4, -0.2) is 33.0 Å². The second-order valence-electron chi connectivity index (χ2n) is 5.81. The van der Waals surface area contributed by atoms with Crippen molar-refractivity contribution < 1.29 is 9.84 Å². The number of aromatic nitrogens is 3. The summed E-state index contributed by atoms with van der Waals surface area (Å²) in [5, 5.41) is 21.8. The van der Waals surface area contributed by atoms with E-state index in [2.05, 4.69) is 15.5 Å². The molecule has 0 spiro atoms. The summed E-state index contributed by atoms with van der Waals surface area (Å²) in [5.41, 5.74) is 2.47. The second kappa shape index (κ2) is 5.94. The highest BCUT2D eigenvalue weighted by atomic mass is 16.5. The maximum absolute atomic E-state index is 11.8. The average molecular weight is 336 g/mol. The third-order valence-corrected chi connectivity index (χ3v) is 4.12. The monoisotopic (exact) mass is 336 g/mol. The number of phenols is 1. The lowest BCUT2D eigenvalue weighted by molar-refractivity contribution is 0.320. The molecular formula is C18H16N4O3. The maximum Gasteiger partial charge on any atom is 0.250 e. The molecule has 4 rings (SSSR count). The van der Waals surface area contributed by atoms with E-state index < -0.39 is 0 Å². The molecule has 1 aliphatic rings. The maximum atomic E-state index is 11.8. The number of nitrogens with zero attached hydrogens (tertiary/aromatic N) is 3. The van der Waals surface area contributed by atoms with Gasteiger partial charge in [0.25, 0.3) is 5.56 Å². The van der Waals surface area contributed by atoms with Crippen LogP contribution in [0, 0.1) is 0 Å². The molecule has 0 bridgehead atoms. The number of pyridine rings is 1. The molecule has 0 atom stereocenters. The van der Waals surface area contributed by atoms with E-state index in [4.69, 9.17) is 4.74 Å². The Bertz CT molecular complexity index is 1010. The second-order valence-corrected chi connectivity index (χ2v) is 5.81. The van der Waals surface area contributed by atoms with Crippen LogP contribution in [0.25, 0.3) is 22.4 Å². The Labute approximate surface area is 143 Å². The van der Waals surface area contributed by atoms with Gasteiger partial charge in [-0.25, -0.2) is 0 Å². The molecule has 126 valence electrons. The fraction of sp³-hybridized carbons (Fsp3) is 0.167. The van der Waals surface area contributed by atoms with E-state index in [1.807, 2.05) is 12.1 Å². The number of benzene rings is 1. The molecule has 2 N–H and O–H groups in total. The number of hydrogen-bond donors (Lipinski definition) is 2. The molecule has 3 heterocycles. The first-order valence-electron chi connectivity index (χ1n) is 7.87. The van der Waals surface area contributed by atoms with Gasteiger partial charge in [0.1, 0.15) is 18.1 Å². The minimum Gasteiger partial charge on any atom is -0.507 e. The first-order chi connectivity index (χ1) is 12.1. The van der Waals surface area contributed by atoms with Crippen LogP contribution in [0.5, 0.6) is 11.5 Å². The van der Waals surface area contributed by atoms with E-state index in [0.29, 0.717) is 36.0 Å². The van der Waals surface area contributed by atoms with Crippen LogP contribution in [0.1, 0.15) is 0 Å². The lowest BCUT2D eigenvalue weighted by Gasteiger charge is -2.17. The zero-order valence-electron chi connectivity index (χ0n) is 13.6. The molecule has 0 saturated heterocycles. The quantitative estimate of drug-likeness (QED) is 0.744. The molecule has 7 nitrogen and oxygen atoms in total. The Balaban J connectivity index is 1.72. The summed E-state index contributed by atoms with van der Waals surface area (Å²) >= 11 is 0. The van der Waals surface area contributed by atoms with Crippen molar-refractivity contribution in [3.05, 3.63) is 52.9 Å². The summed E-state index contributed by atoms with van der Waals surface area (Å²) in [6.45, 7) is 1.25. The largest absolute Gasteiger partial charge is 0.507 e. The Morgan fingerprint density at radius 2 is 2.00 bits per heavy atom. The fourth-order valence-corrected chi connectivity index (χ4v) is 2.72. The SMILES string of the molecule is Cn1ccc(-c2ccc(-c3cc4c(nn3)NCCO4)c(O)c2)cc1=O. The van der Waals surface area contributed by atoms with Crippen LogP contribution >= 0.6 is 0 Å². The van der Waals surface area contributed by atoms with E-state index in [1.165, 1.54) is 10.6 Å². The molecule has 0 amide bonds. The first kappa shape index (κ1) is 15.2. The number of rotatable bonds is 2. The third kappa shape index (κ3) is 2.80. The number of phenolic OH excluding ortho intramolecular Hbond substituents is 1. The van der Waals surface area contributed by atoms with Gasteiger partial charge in [-0.2, -0.15) is 0 Å². The number of ether oxygens (including phenoxy) is 1. The molecular weight excluding hydrogens is 320 g/mol. The summed E-state index contributed by atoms with van der Waals surface area (Å²) in [7, 11) is 1.69. The van der Waals surface area contributed by atoms with Gasteiger partial charge >= 0.3 is 0 Å². The zero-order valence-corrected chi connectivity index (χ0v) is 13.6. The van der Waals surface area contributed by atoms with Gasteiger partial charge in [-0.1, -0.05) is 6.07 Å². The van der Waals surface area contributed by atoms with Crippen LogP contribution in [0.2, 0.25) is 0 Å². The van der Waals surface area contributed by atoms with Crippen LogP contribution in [0.15, 0.2) is 47.4 Å². The number of aromatic hydroxyl groups is 1. The van der Waals surface area contributed by atoms with E-state index in [-0.39, 0.29) is 11.3 Å². The lowest BCUT2D eigenvalue weighted by Crippen LogP contribution is -2.19. The normalized spacial score (nSPS) is 12.8. The van der Waals surface area contributed by atoms with Crippen molar-refractivity contribution in [3.8, 4) is 33.9 Å². The molecule has 0 aliphatic carbocycles.